The maximum absolute atomic E-state index is 12.1. The minimum Gasteiger partial charge on any atom is -0.361 e. The molecule has 0 aliphatic rings. The molecular weight excluding hydrogens is 288 g/mol. The van der Waals surface area contributed by atoms with Crippen LogP contribution in [0, 0.1) is 0 Å². The second-order valence-electron chi connectivity index (χ2n) is 5.61. The Morgan fingerprint density at radius 3 is 2.83 bits per heavy atom. The Balaban J connectivity index is 1.41. The number of nitrogens with zero attached hydrogens (tertiary/aromatic N) is 1. The van der Waals surface area contributed by atoms with Gasteiger partial charge in [-0.15, -0.1) is 0 Å². The van der Waals surface area contributed by atoms with Crippen LogP contribution in [-0.4, -0.2) is 20.9 Å². The number of amides is 1. The van der Waals surface area contributed by atoms with Gasteiger partial charge < -0.3 is 15.3 Å². The van der Waals surface area contributed by atoms with Crippen LogP contribution in [0.15, 0.2) is 55.0 Å². The lowest BCUT2D eigenvalue weighted by Crippen LogP contribution is -2.24. The third-order valence-corrected chi connectivity index (χ3v) is 3.96. The molecule has 0 spiro atoms. The second-order valence-corrected chi connectivity index (χ2v) is 5.61. The van der Waals surface area contributed by atoms with Crippen LogP contribution in [-0.2, 0) is 17.8 Å². The molecular formula is C18H16N4O. The van der Waals surface area contributed by atoms with Crippen molar-refractivity contribution in [3.63, 3.8) is 0 Å². The molecule has 4 aromatic rings. The van der Waals surface area contributed by atoms with Crippen LogP contribution in [0.1, 0.15) is 11.1 Å². The molecule has 5 heteroatoms. The van der Waals surface area contributed by atoms with Gasteiger partial charge in [0.15, 0.2) is 0 Å². The summed E-state index contributed by atoms with van der Waals surface area (Å²) in [6.07, 6.45) is 3.93. The van der Waals surface area contributed by atoms with Gasteiger partial charge in [-0.2, -0.15) is 0 Å². The summed E-state index contributed by atoms with van der Waals surface area (Å²) in [5.41, 5.74) is 5.00. The molecule has 5 nitrogen and oxygen atoms in total. The van der Waals surface area contributed by atoms with Crippen LogP contribution in [0.5, 0.6) is 0 Å². The third-order valence-electron chi connectivity index (χ3n) is 3.96. The molecule has 0 bridgehead atoms. The van der Waals surface area contributed by atoms with Gasteiger partial charge in [-0.25, -0.2) is 4.98 Å². The zero-order valence-corrected chi connectivity index (χ0v) is 12.5. The van der Waals surface area contributed by atoms with E-state index in [-0.39, 0.29) is 5.91 Å². The molecule has 4 rings (SSSR count). The van der Waals surface area contributed by atoms with Crippen LogP contribution in [0.4, 0.5) is 0 Å². The summed E-state index contributed by atoms with van der Waals surface area (Å²) in [6.45, 7) is 0.528. The standard InChI is InChI=1S/C18H16N4O/c23-18(9-12-2-4-15-17(7-12)22-11-21-15)20-10-13-1-3-14-5-6-19-16(14)8-13/h1-8,11,19H,9-10H2,(H,20,23)(H,21,22). The predicted molar refractivity (Wildman–Crippen MR) is 89.9 cm³/mol. The van der Waals surface area contributed by atoms with Gasteiger partial charge in [0.25, 0.3) is 0 Å². The fraction of sp³-hybridized carbons (Fsp3) is 0.111. The fourth-order valence-electron chi connectivity index (χ4n) is 2.75. The topological polar surface area (TPSA) is 73.6 Å². The molecule has 0 aliphatic heterocycles. The second kappa shape index (κ2) is 5.61. The molecule has 0 atom stereocenters. The maximum atomic E-state index is 12.1. The number of carbonyl (C=O) groups excluding carboxylic acids is 1. The van der Waals surface area contributed by atoms with Crippen LogP contribution in [0.25, 0.3) is 21.9 Å². The van der Waals surface area contributed by atoms with Crippen LogP contribution >= 0.6 is 0 Å². The van der Waals surface area contributed by atoms with E-state index in [0.29, 0.717) is 13.0 Å². The van der Waals surface area contributed by atoms with E-state index in [1.807, 2.05) is 36.5 Å². The average molecular weight is 304 g/mol. The van der Waals surface area contributed by atoms with Crippen molar-refractivity contribution in [3.05, 3.63) is 66.1 Å². The van der Waals surface area contributed by atoms with Gasteiger partial charge in [-0.3, -0.25) is 4.79 Å². The lowest BCUT2D eigenvalue weighted by atomic mass is 10.1. The number of aromatic amines is 2. The van der Waals surface area contributed by atoms with E-state index >= 15 is 0 Å². The van der Waals surface area contributed by atoms with Crippen molar-refractivity contribution in [1.82, 2.24) is 20.3 Å². The number of imidazole rings is 1. The van der Waals surface area contributed by atoms with Gasteiger partial charge in [0.2, 0.25) is 5.91 Å². The Morgan fingerprint density at radius 2 is 1.87 bits per heavy atom. The SMILES string of the molecule is O=C(Cc1ccc2nc[nH]c2c1)NCc1ccc2cc[nH]c2c1. The first-order valence-corrected chi connectivity index (χ1v) is 7.53. The van der Waals surface area contributed by atoms with E-state index < -0.39 is 0 Å². The highest BCUT2D eigenvalue weighted by molar-refractivity contribution is 5.82. The molecule has 3 N–H and O–H groups in total. The van der Waals surface area contributed by atoms with Gasteiger partial charge in [-0.1, -0.05) is 18.2 Å². The first-order chi connectivity index (χ1) is 11.3. The van der Waals surface area contributed by atoms with E-state index in [0.717, 1.165) is 27.7 Å². The number of hydrogen-bond acceptors (Lipinski definition) is 2. The average Bonchev–Trinajstić information content (AvgIpc) is 3.20. The Kier molecular flexibility index (Phi) is 3.31. The molecule has 0 saturated heterocycles. The Hall–Kier alpha value is -3.08. The normalized spacial score (nSPS) is 11.1. The van der Waals surface area contributed by atoms with E-state index in [9.17, 15) is 4.79 Å². The van der Waals surface area contributed by atoms with Gasteiger partial charge in [0.1, 0.15) is 0 Å². The number of carbonyl (C=O) groups is 1. The van der Waals surface area contributed by atoms with Crippen molar-refractivity contribution < 1.29 is 4.79 Å². The highest BCUT2D eigenvalue weighted by Crippen LogP contribution is 2.14. The number of benzene rings is 2. The molecule has 0 aliphatic carbocycles. The Morgan fingerprint density at radius 1 is 1.00 bits per heavy atom. The summed E-state index contributed by atoms with van der Waals surface area (Å²) in [6, 6.07) is 14.0. The number of nitrogens with one attached hydrogen (secondary N) is 3. The van der Waals surface area contributed by atoms with Gasteiger partial charge in [0, 0.05) is 18.3 Å². The molecule has 0 fully saturated rings. The summed E-state index contributed by atoms with van der Waals surface area (Å²) in [5.74, 6) is 0.00967. The van der Waals surface area contributed by atoms with E-state index in [2.05, 4.69) is 32.4 Å². The highest BCUT2D eigenvalue weighted by Gasteiger charge is 2.06. The van der Waals surface area contributed by atoms with Crippen molar-refractivity contribution in [1.29, 1.82) is 0 Å². The first-order valence-electron chi connectivity index (χ1n) is 7.53. The number of aromatic nitrogens is 3. The molecule has 0 radical (unpaired) electrons. The largest absolute Gasteiger partial charge is 0.361 e. The van der Waals surface area contributed by atoms with Crippen molar-refractivity contribution in [2.45, 2.75) is 13.0 Å². The minimum atomic E-state index is 0.00967. The summed E-state index contributed by atoms with van der Waals surface area (Å²) in [7, 11) is 0. The Labute approximate surface area is 132 Å². The van der Waals surface area contributed by atoms with E-state index in [1.54, 1.807) is 6.33 Å². The van der Waals surface area contributed by atoms with E-state index in [4.69, 9.17) is 0 Å². The molecule has 114 valence electrons. The summed E-state index contributed by atoms with van der Waals surface area (Å²) < 4.78 is 0. The minimum absolute atomic E-state index is 0.00967. The Bertz CT molecular complexity index is 983. The molecule has 2 heterocycles. The number of rotatable bonds is 4. The van der Waals surface area contributed by atoms with Crippen LogP contribution in [0.3, 0.4) is 0 Å². The number of hydrogen-bond donors (Lipinski definition) is 3. The predicted octanol–water partition coefficient (Wildman–Crippen LogP) is 2.90. The van der Waals surface area contributed by atoms with Crippen molar-refractivity contribution >= 4 is 27.8 Å². The lowest BCUT2D eigenvalue weighted by Gasteiger charge is -2.06. The van der Waals surface area contributed by atoms with Gasteiger partial charge >= 0.3 is 0 Å². The quantitative estimate of drug-likeness (QED) is 0.542. The van der Waals surface area contributed by atoms with Gasteiger partial charge in [-0.05, 0) is 40.8 Å². The maximum Gasteiger partial charge on any atom is 0.224 e. The molecule has 2 aromatic heterocycles. The number of fused-ring (bicyclic) bond motifs is 2. The molecule has 0 unspecified atom stereocenters. The summed E-state index contributed by atoms with van der Waals surface area (Å²) >= 11 is 0. The monoisotopic (exact) mass is 304 g/mol. The van der Waals surface area contributed by atoms with Crippen molar-refractivity contribution in [3.8, 4) is 0 Å². The third kappa shape index (κ3) is 2.81. The van der Waals surface area contributed by atoms with Gasteiger partial charge in [0.05, 0.1) is 23.8 Å². The molecule has 23 heavy (non-hydrogen) atoms. The molecule has 2 aromatic carbocycles. The summed E-state index contributed by atoms with van der Waals surface area (Å²) in [4.78, 5) is 22.5. The summed E-state index contributed by atoms with van der Waals surface area (Å²) in [5, 5.41) is 4.14. The lowest BCUT2D eigenvalue weighted by molar-refractivity contribution is -0.120. The fourth-order valence-corrected chi connectivity index (χ4v) is 2.75. The van der Waals surface area contributed by atoms with Crippen molar-refractivity contribution in [2.75, 3.05) is 0 Å². The highest BCUT2D eigenvalue weighted by atomic mass is 16.1. The van der Waals surface area contributed by atoms with Crippen LogP contribution in [0.2, 0.25) is 0 Å². The molecule has 1 amide bonds. The first kappa shape index (κ1) is 13.6. The zero-order valence-electron chi connectivity index (χ0n) is 12.5. The zero-order chi connectivity index (χ0) is 15.6. The smallest absolute Gasteiger partial charge is 0.224 e. The van der Waals surface area contributed by atoms with Crippen LogP contribution < -0.4 is 5.32 Å². The molecule has 0 saturated carbocycles. The van der Waals surface area contributed by atoms with E-state index in [1.165, 1.54) is 5.39 Å². The number of H-pyrrole nitrogens is 2. The van der Waals surface area contributed by atoms with Crippen molar-refractivity contribution in [2.24, 2.45) is 0 Å².